The Hall–Kier alpha value is -3.20. The zero-order valence-corrected chi connectivity index (χ0v) is 18.0. The summed E-state index contributed by atoms with van der Waals surface area (Å²) in [6.45, 7) is 2.17. The van der Waals surface area contributed by atoms with Crippen molar-refractivity contribution in [2.45, 2.75) is 38.8 Å². The second kappa shape index (κ2) is 9.30. The van der Waals surface area contributed by atoms with Gasteiger partial charge in [0, 0.05) is 23.1 Å². The van der Waals surface area contributed by atoms with Crippen LogP contribution >= 0.6 is 11.8 Å². The highest BCUT2D eigenvalue weighted by Crippen LogP contribution is 2.31. The molecular weight excluding hydrogens is 414 g/mol. The smallest absolute Gasteiger partial charge is 0.276 e. The number of non-ortho nitro benzene ring substituents is 1. The lowest BCUT2D eigenvalue weighted by atomic mass is 10.1. The maximum absolute atomic E-state index is 13.0. The Morgan fingerprint density at radius 2 is 1.90 bits per heavy atom. The van der Waals surface area contributed by atoms with Gasteiger partial charge in [0.05, 0.1) is 10.3 Å². The number of nitrogens with zero attached hydrogens (tertiary/aromatic N) is 4. The summed E-state index contributed by atoms with van der Waals surface area (Å²) in [6, 6.07) is 13.7. The number of hydrazone groups is 1. The van der Waals surface area contributed by atoms with Gasteiger partial charge in [-0.05, 0) is 30.2 Å². The summed E-state index contributed by atoms with van der Waals surface area (Å²) in [5.74, 6) is 0.651. The minimum atomic E-state index is -0.576. The third-order valence-corrected chi connectivity index (χ3v) is 6.10. The Bertz CT molecular complexity index is 1150. The third-order valence-electron chi connectivity index (χ3n) is 5.15. The van der Waals surface area contributed by atoms with Gasteiger partial charge in [-0.15, -0.1) is 5.10 Å². The Balaban J connectivity index is 1.70. The minimum Gasteiger partial charge on any atom is -0.298 e. The number of benzene rings is 2. The van der Waals surface area contributed by atoms with Crippen molar-refractivity contribution >= 4 is 34.2 Å². The highest BCUT2D eigenvalue weighted by Gasteiger charge is 2.34. The maximum atomic E-state index is 13.0. The van der Waals surface area contributed by atoms with E-state index in [2.05, 4.69) is 12.2 Å². The first kappa shape index (κ1) is 21.0. The van der Waals surface area contributed by atoms with Crippen LogP contribution in [0.1, 0.15) is 44.3 Å². The van der Waals surface area contributed by atoms with Crippen LogP contribution in [-0.4, -0.2) is 26.8 Å². The lowest BCUT2D eigenvalue weighted by Gasteiger charge is -2.34. The van der Waals surface area contributed by atoms with Gasteiger partial charge in [0.2, 0.25) is 0 Å². The van der Waals surface area contributed by atoms with Crippen LogP contribution in [0.4, 0.5) is 5.69 Å². The van der Waals surface area contributed by atoms with Crippen LogP contribution < -0.4 is 15.9 Å². The number of rotatable bonds is 7. The van der Waals surface area contributed by atoms with Crippen molar-refractivity contribution in [3.8, 4) is 0 Å². The van der Waals surface area contributed by atoms with Gasteiger partial charge in [-0.3, -0.25) is 25.2 Å². The molecule has 31 heavy (non-hydrogen) atoms. The molecule has 1 amide bonds. The summed E-state index contributed by atoms with van der Waals surface area (Å²) in [6.07, 6.45) is 4.00. The largest absolute Gasteiger partial charge is 0.298 e. The number of amides is 1. The van der Waals surface area contributed by atoms with E-state index in [1.807, 2.05) is 24.3 Å². The van der Waals surface area contributed by atoms with E-state index in [0.717, 1.165) is 24.2 Å². The summed E-state index contributed by atoms with van der Waals surface area (Å²) in [5.41, 5.74) is 1.17. The van der Waals surface area contributed by atoms with Gasteiger partial charge in [-0.25, -0.2) is 5.01 Å². The number of carbonyl (C=O) groups excluding carboxylic acids is 1. The molecule has 0 saturated carbocycles. The number of thioether (sulfide) groups is 1. The Labute approximate surface area is 183 Å². The first-order chi connectivity index (χ1) is 15.1. The molecule has 0 aromatic heterocycles. The minimum absolute atomic E-state index is 0.00683. The molecule has 0 bridgehead atoms. The third kappa shape index (κ3) is 4.46. The Morgan fingerprint density at radius 3 is 2.65 bits per heavy atom. The van der Waals surface area contributed by atoms with Crippen molar-refractivity contribution in [1.29, 1.82) is 0 Å². The number of fused-ring (bicyclic) bond motifs is 2. The van der Waals surface area contributed by atoms with Gasteiger partial charge < -0.3 is 0 Å². The first-order valence-electron chi connectivity index (χ1n) is 10.3. The van der Waals surface area contributed by atoms with Crippen LogP contribution in [0.2, 0.25) is 0 Å². The van der Waals surface area contributed by atoms with E-state index in [-0.39, 0.29) is 11.6 Å². The number of nitro groups is 1. The summed E-state index contributed by atoms with van der Waals surface area (Å²) in [5, 5.41) is 22.2. The van der Waals surface area contributed by atoms with Gasteiger partial charge in [-0.1, -0.05) is 56.1 Å². The van der Waals surface area contributed by atoms with Crippen LogP contribution in [0.25, 0.3) is 5.70 Å². The lowest BCUT2D eigenvalue weighted by molar-refractivity contribution is -0.384. The van der Waals surface area contributed by atoms with E-state index in [1.54, 1.807) is 17.1 Å². The molecule has 2 aromatic rings. The average Bonchev–Trinajstić information content (AvgIpc) is 2.78. The van der Waals surface area contributed by atoms with Gasteiger partial charge in [0.1, 0.15) is 5.70 Å². The molecule has 0 radical (unpaired) electrons. The summed E-state index contributed by atoms with van der Waals surface area (Å²) < 4.78 is 0. The molecule has 1 N–H and O–H groups in total. The van der Waals surface area contributed by atoms with Crippen molar-refractivity contribution < 1.29 is 9.72 Å². The summed E-state index contributed by atoms with van der Waals surface area (Å²) >= 11 is 1.52. The molecule has 0 spiro atoms. The van der Waals surface area contributed by atoms with Crippen LogP contribution in [0.15, 0.2) is 58.6 Å². The summed E-state index contributed by atoms with van der Waals surface area (Å²) in [4.78, 5) is 28.4. The molecule has 2 aromatic carbocycles. The molecule has 0 aliphatic carbocycles. The monoisotopic (exact) mass is 437 g/mol. The zero-order chi connectivity index (χ0) is 21.8. The molecule has 4 rings (SSSR count). The predicted octanol–water partition coefficient (Wildman–Crippen LogP) is 3.05. The van der Waals surface area contributed by atoms with Crippen LogP contribution in [-0.2, 0) is 4.79 Å². The fourth-order valence-corrected chi connectivity index (χ4v) is 4.43. The standard InChI is InChI=1S/C22H23N5O3S/c1-2-3-4-7-14-31-22-24-21(28)19-17-8-5-6-9-18(17)23-20(26(19)25-22)15-10-12-16(13-11-15)27(29)30/h5-6,8-13,20H,2-4,7,14H2,1H3,(H,24,25,28)/t20-/m1/s1. The molecule has 2 heterocycles. The number of hydrogen-bond acceptors (Lipinski definition) is 7. The lowest BCUT2D eigenvalue weighted by Crippen LogP contribution is -2.50. The first-order valence-corrected chi connectivity index (χ1v) is 11.3. The highest BCUT2D eigenvalue weighted by atomic mass is 32.2. The number of carbonyl (C=O) groups is 1. The summed E-state index contributed by atoms with van der Waals surface area (Å²) in [7, 11) is 0. The van der Waals surface area contributed by atoms with E-state index >= 15 is 0 Å². The molecule has 160 valence electrons. The second-order valence-electron chi connectivity index (χ2n) is 7.33. The number of para-hydroxylation sites is 1. The van der Waals surface area contributed by atoms with Crippen LogP contribution in [0.3, 0.4) is 0 Å². The molecule has 8 nitrogen and oxygen atoms in total. The molecule has 9 heteroatoms. The van der Waals surface area contributed by atoms with E-state index < -0.39 is 11.1 Å². The molecule has 1 atom stereocenters. The van der Waals surface area contributed by atoms with E-state index in [4.69, 9.17) is 10.1 Å². The topological polar surface area (TPSA) is 100 Å². The molecule has 2 aliphatic heterocycles. The number of unbranched alkanes of at least 4 members (excludes halogenated alkanes) is 3. The second-order valence-corrected chi connectivity index (χ2v) is 8.41. The van der Waals surface area contributed by atoms with Crippen molar-refractivity contribution in [3.63, 3.8) is 0 Å². The fourth-order valence-electron chi connectivity index (χ4n) is 3.58. The highest BCUT2D eigenvalue weighted by molar-refractivity contribution is 8.13. The van der Waals surface area contributed by atoms with Crippen molar-refractivity contribution in [3.05, 3.63) is 74.8 Å². The number of nitro benzene ring substituents is 1. The molecule has 2 aliphatic rings. The van der Waals surface area contributed by atoms with Gasteiger partial charge in [0.15, 0.2) is 11.3 Å². The van der Waals surface area contributed by atoms with E-state index in [9.17, 15) is 14.9 Å². The number of hydrogen-bond donors (Lipinski definition) is 1. The van der Waals surface area contributed by atoms with Gasteiger partial charge >= 0.3 is 0 Å². The van der Waals surface area contributed by atoms with Gasteiger partial charge in [-0.2, -0.15) is 0 Å². The quantitative estimate of drug-likeness (QED) is 0.408. The predicted molar refractivity (Wildman–Crippen MR) is 120 cm³/mol. The van der Waals surface area contributed by atoms with Crippen LogP contribution in [0, 0.1) is 10.1 Å². The van der Waals surface area contributed by atoms with Crippen molar-refractivity contribution in [2.24, 2.45) is 10.1 Å². The van der Waals surface area contributed by atoms with E-state index in [0.29, 0.717) is 21.4 Å². The molecule has 0 unspecified atom stereocenters. The maximum Gasteiger partial charge on any atom is 0.276 e. The molecule has 0 fully saturated rings. The SMILES string of the molecule is CCCCCCSC1=NN2C(=c3ccccc3=N[C@H]2c2ccc([N+](=O)[O-])cc2)C(=O)N1. The fraction of sp³-hybridized carbons (Fsp3) is 0.318. The molecular formula is C22H23N5O3S. The van der Waals surface area contributed by atoms with Crippen molar-refractivity contribution in [1.82, 2.24) is 10.3 Å². The Morgan fingerprint density at radius 1 is 1.13 bits per heavy atom. The average molecular weight is 438 g/mol. The Kier molecular flexibility index (Phi) is 6.31. The normalized spacial score (nSPS) is 17.3. The number of nitrogens with one attached hydrogen (secondary N) is 1. The van der Waals surface area contributed by atoms with Crippen LogP contribution in [0.5, 0.6) is 0 Å². The van der Waals surface area contributed by atoms with E-state index in [1.165, 1.54) is 36.7 Å². The van der Waals surface area contributed by atoms with Crippen molar-refractivity contribution in [2.75, 3.05) is 5.75 Å². The number of amidine groups is 1. The molecule has 0 saturated heterocycles. The zero-order valence-electron chi connectivity index (χ0n) is 17.2. The van der Waals surface area contributed by atoms with Gasteiger partial charge in [0.25, 0.3) is 11.6 Å².